The van der Waals surface area contributed by atoms with Gasteiger partial charge in [-0.05, 0) is 67.4 Å². The van der Waals surface area contributed by atoms with Gasteiger partial charge in [0.1, 0.15) is 5.75 Å². The van der Waals surface area contributed by atoms with Gasteiger partial charge < -0.3 is 26.0 Å². The fourth-order valence-corrected chi connectivity index (χ4v) is 3.43. The number of nitrogens with one attached hydrogen (secondary N) is 4. The largest absolute Gasteiger partial charge is 0.495 e. The monoisotopic (exact) mass is 474 g/mol. The number of methoxy groups -OCH3 is 1. The Hall–Kier alpha value is -4.33. The van der Waals surface area contributed by atoms with Crippen molar-refractivity contribution in [3.05, 3.63) is 77.9 Å². The summed E-state index contributed by atoms with van der Waals surface area (Å²) in [5.41, 5.74) is 3.93. The molecule has 182 valence electrons. The fraction of sp³-hybridized carbons (Fsp3) is 0.222. The highest BCUT2D eigenvalue weighted by molar-refractivity contribution is 6.05. The van der Waals surface area contributed by atoms with E-state index in [1.165, 1.54) is 0 Å². The van der Waals surface area contributed by atoms with Crippen molar-refractivity contribution in [1.29, 1.82) is 0 Å². The van der Waals surface area contributed by atoms with Crippen molar-refractivity contribution < 1.29 is 19.1 Å². The molecule has 3 aromatic carbocycles. The first-order chi connectivity index (χ1) is 16.9. The first kappa shape index (κ1) is 25.3. The summed E-state index contributed by atoms with van der Waals surface area (Å²) in [6.45, 7) is 3.88. The maximum Gasteiger partial charge on any atom is 0.255 e. The predicted molar refractivity (Wildman–Crippen MR) is 139 cm³/mol. The molecule has 0 heterocycles. The van der Waals surface area contributed by atoms with Gasteiger partial charge in [-0.3, -0.25) is 14.4 Å². The van der Waals surface area contributed by atoms with Crippen molar-refractivity contribution in [2.24, 2.45) is 0 Å². The standard InChI is InChI=1S/C27H30N4O4/c1-4-8-25(32)30-22-11-7-10-21(18(22)2)28-17-26(33)29-20-15-13-19(14-16-20)27(34)31-23-9-5-6-12-24(23)35-3/h5-7,9-16,28H,4,8,17H2,1-3H3,(H,29,33)(H,30,32)(H,31,34). The molecule has 0 radical (unpaired) electrons. The van der Waals surface area contributed by atoms with Crippen LogP contribution in [0.5, 0.6) is 5.75 Å². The Morgan fingerprint density at radius 3 is 2.17 bits per heavy atom. The van der Waals surface area contributed by atoms with Crippen molar-refractivity contribution in [3.8, 4) is 5.75 Å². The zero-order valence-electron chi connectivity index (χ0n) is 20.1. The first-order valence-corrected chi connectivity index (χ1v) is 11.4. The zero-order valence-corrected chi connectivity index (χ0v) is 20.1. The molecule has 8 nitrogen and oxygen atoms in total. The average Bonchev–Trinajstić information content (AvgIpc) is 2.85. The van der Waals surface area contributed by atoms with E-state index in [0.29, 0.717) is 29.1 Å². The Balaban J connectivity index is 1.54. The molecule has 4 N–H and O–H groups in total. The van der Waals surface area contributed by atoms with Gasteiger partial charge in [0.25, 0.3) is 5.91 Å². The topological polar surface area (TPSA) is 109 Å². The predicted octanol–water partition coefficient (Wildman–Crippen LogP) is 5.05. The number of rotatable bonds is 10. The van der Waals surface area contributed by atoms with Gasteiger partial charge in [0.15, 0.2) is 0 Å². The minimum atomic E-state index is -0.282. The lowest BCUT2D eigenvalue weighted by Gasteiger charge is -2.14. The number of benzene rings is 3. The molecule has 0 unspecified atom stereocenters. The van der Waals surface area contributed by atoms with Crippen molar-refractivity contribution in [2.45, 2.75) is 26.7 Å². The van der Waals surface area contributed by atoms with Gasteiger partial charge in [-0.2, -0.15) is 0 Å². The number of ether oxygens (including phenoxy) is 1. The summed E-state index contributed by atoms with van der Waals surface area (Å²) in [5.74, 6) is 0.0124. The summed E-state index contributed by atoms with van der Waals surface area (Å²) < 4.78 is 5.25. The van der Waals surface area contributed by atoms with Crippen LogP contribution < -0.4 is 26.0 Å². The number of amides is 3. The number of carbonyl (C=O) groups is 3. The van der Waals surface area contributed by atoms with Crippen LogP contribution in [0.1, 0.15) is 35.7 Å². The minimum absolute atomic E-state index is 0.0365. The summed E-state index contributed by atoms with van der Waals surface area (Å²) in [6.07, 6.45) is 1.23. The van der Waals surface area contributed by atoms with Crippen LogP contribution in [0.3, 0.4) is 0 Å². The first-order valence-electron chi connectivity index (χ1n) is 11.4. The van der Waals surface area contributed by atoms with E-state index in [9.17, 15) is 14.4 Å². The molecule has 0 aliphatic rings. The summed E-state index contributed by atoms with van der Waals surface area (Å²) >= 11 is 0. The van der Waals surface area contributed by atoms with E-state index in [1.54, 1.807) is 43.5 Å². The van der Waals surface area contributed by atoms with Crippen LogP contribution in [-0.2, 0) is 9.59 Å². The molecule has 0 saturated carbocycles. The van der Waals surface area contributed by atoms with Gasteiger partial charge in [-0.1, -0.05) is 25.1 Å². The van der Waals surface area contributed by atoms with Crippen LogP contribution in [0, 0.1) is 6.92 Å². The van der Waals surface area contributed by atoms with Gasteiger partial charge >= 0.3 is 0 Å². The average molecular weight is 475 g/mol. The van der Waals surface area contributed by atoms with Crippen molar-refractivity contribution >= 4 is 40.5 Å². The van der Waals surface area contributed by atoms with Crippen molar-refractivity contribution in [1.82, 2.24) is 0 Å². The smallest absolute Gasteiger partial charge is 0.255 e. The molecular weight excluding hydrogens is 444 g/mol. The SMILES string of the molecule is CCCC(=O)Nc1cccc(NCC(=O)Nc2ccc(C(=O)Nc3ccccc3OC)cc2)c1C. The molecule has 0 saturated heterocycles. The van der Waals surface area contributed by atoms with Crippen LogP contribution in [-0.4, -0.2) is 31.4 Å². The second-order valence-electron chi connectivity index (χ2n) is 7.91. The summed E-state index contributed by atoms with van der Waals surface area (Å²) in [5, 5.41) is 11.6. The Labute approximate surface area is 205 Å². The molecule has 0 atom stereocenters. The molecule has 3 aromatic rings. The molecule has 35 heavy (non-hydrogen) atoms. The van der Waals surface area contributed by atoms with E-state index in [4.69, 9.17) is 4.74 Å². The van der Waals surface area contributed by atoms with Crippen LogP contribution in [0.25, 0.3) is 0 Å². The number of anilines is 4. The molecule has 3 rings (SSSR count). The molecular formula is C27H30N4O4. The quantitative estimate of drug-likeness (QED) is 0.329. The van der Waals surface area contributed by atoms with Gasteiger partial charge in [-0.25, -0.2) is 0 Å². The molecule has 3 amide bonds. The summed E-state index contributed by atoms with van der Waals surface area (Å²) in [7, 11) is 1.54. The third-order valence-electron chi connectivity index (χ3n) is 5.31. The third kappa shape index (κ3) is 7.07. The molecule has 0 aromatic heterocycles. The number of hydrogen-bond donors (Lipinski definition) is 4. The zero-order chi connectivity index (χ0) is 25.2. The highest BCUT2D eigenvalue weighted by atomic mass is 16.5. The molecule has 0 aliphatic heterocycles. The van der Waals surface area contributed by atoms with Gasteiger partial charge in [0.05, 0.1) is 19.3 Å². The number of hydrogen-bond acceptors (Lipinski definition) is 5. The molecule has 0 fully saturated rings. The number of carbonyl (C=O) groups excluding carboxylic acids is 3. The Morgan fingerprint density at radius 2 is 1.46 bits per heavy atom. The van der Waals surface area contributed by atoms with E-state index >= 15 is 0 Å². The summed E-state index contributed by atoms with van der Waals surface area (Å²) in [4.78, 5) is 36.9. The normalized spacial score (nSPS) is 10.3. The second-order valence-corrected chi connectivity index (χ2v) is 7.91. The molecule has 0 spiro atoms. The lowest BCUT2D eigenvalue weighted by Crippen LogP contribution is -2.22. The molecule has 8 heteroatoms. The van der Waals surface area contributed by atoms with Gasteiger partial charge in [0, 0.05) is 29.0 Å². The summed E-state index contributed by atoms with van der Waals surface area (Å²) in [6, 6.07) is 19.3. The maximum absolute atomic E-state index is 12.5. The van der Waals surface area contributed by atoms with Crippen LogP contribution in [0.2, 0.25) is 0 Å². The highest BCUT2D eigenvalue weighted by Crippen LogP contribution is 2.25. The Bertz CT molecular complexity index is 1190. The van der Waals surface area contributed by atoms with Crippen LogP contribution in [0.15, 0.2) is 66.7 Å². The lowest BCUT2D eigenvalue weighted by atomic mass is 10.1. The van der Waals surface area contributed by atoms with E-state index in [0.717, 1.165) is 23.4 Å². The molecule has 0 bridgehead atoms. The number of para-hydroxylation sites is 2. The maximum atomic E-state index is 12.5. The van der Waals surface area contributed by atoms with Gasteiger partial charge in [-0.15, -0.1) is 0 Å². The van der Waals surface area contributed by atoms with Gasteiger partial charge in [0.2, 0.25) is 11.8 Å². The van der Waals surface area contributed by atoms with E-state index in [-0.39, 0.29) is 24.3 Å². The van der Waals surface area contributed by atoms with Crippen LogP contribution >= 0.6 is 0 Å². The Kier molecular flexibility index (Phi) is 8.83. The van der Waals surface area contributed by atoms with Crippen molar-refractivity contribution in [2.75, 3.05) is 34.9 Å². The minimum Gasteiger partial charge on any atom is -0.495 e. The molecule has 0 aliphatic carbocycles. The third-order valence-corrected chi connectivity index (χ3v) is 5.31. The van der Waals surface area contributed by atoms with Crippen molar-refractivity contribution in [3.63, 3.8) is 0 Å². The van der Waals surface area contributed by atoms with E-state index in [1.807, 2.05) is 44.2 Å². The lowest BCUT2D eigenvalue weighted by molar-refractivity contribution is -0.116. The highest BCUT2D eigenvalue weighted by Gasteiger charge is 2.11. The van der Waals surface area contributed by atoms with E-state index in [2.05, 4.69) is 21.3 Å². The fourth-order valence-electron chi connectivity index (χ4n) is 3.43. The van der Waals surface area contributed by atoms with Crippen LogP contribution in [0.4, 0.5) is 22.7 Å². The second kappa shape index (κ2) is 12.2. The van der Waals surface area contributed by atoms with E-state index < -0.39 is 0 Å². The Morgan fingerprint density at radius 1 is 0.771 bits per heavy atom.